The second kappa shape index (κ2) is 4.85. The second-order valence-electron chi connectivity index (χ2n) is 4.52. The molecule has 1 unspecified atom stereocenters. The quantitative estimate of drug-likeness (QED) is 0.821. The molecule has 16 heavy (non-hydrogen) atoms. The third-order valence-corrected chi connectivity index (χ3v) is 2.94. The van der Waals surface area contributed by atoms with Crippen LogP contribution in [0.2, 0.25) is 0 Å². The summed E-state index contributed by atoms with van der Waals surface area (Å²) in [6, 6.07) is 6.55. The van der Waals surface area contributed by atoms with Gasteiger partial charge in [-0.1, -0.05) is 12.1 Å². The molecule has 1 aromatic carbocycles. The Balaban J connectivity index is 2.31. The number of nitrogens with one attached hydrogen (secondary N) is 1. The number of aryl methyl sites for hydroxylation is 1. The summed E-state index contributed by atoms with van der Waals surface area (Å²) in [7, 11) is 4.16. The highest BCUT2D eigenvalue weighted by atomic mass is 16.5. The van der Waals surface area contributed by atoms with Gasteiger partial charge in [0.05, 0.1) is 12.7 Å². The number of anilines is 1. The summed E-state index contributed by atoms with van der Waals surface area (Å²) in [6.45, 7) is 4.78. The van der Waals surface area contributed by atoms with Gasteiger partial charge in [-0.3, -0.25) is 0 Å². The van der Waals surface area contributed by atoms with Gasteiger partial charge in [-0.15, -0.1) is 0 Å². The zero-order chi connectivity index (χ0) is 11.5. The Morgan fingerprint density at radius 3 is 2.81 bits per heavy atom. The van der Waals surface area contributed by atoms with Gasteiger partial charge in [0.1, 0.15) is 0 Å². The van der Waals surface area contributed by atoms with Crippen LogP contribution in [0, 0.1) is 6.92 Å². The van der Waals surface area contributed by atoms with E-state index in [9.17, 15) is 0 Å². The molecule has 2 rings (SSSR count). The lowest BCUT2D eigenvalue weighted by Crippen LogP contribution is -2.34. The molecular formula is C13H20N2O. The summed E-state index contributed by atoms with van der Waals surface area (Å²) in [5.41, 5.74) is 3.83. The van der Waals surface area contributed by atoms with Gasteiger partial charge in [0, 0.05) is 38.4 Å². The van der Waals surface area contributed by atoms with Crippen LogP contribution in [0.5, 0.6) is 0 Å². The van der Waals surface area contributed by atoms with Gasteiger partial charge >= 0.3 is 0 Å². The van der Waals surface area contributed by atoms with E-state index in [-0.39, 0.29) is 6.10 Å². The lowest BCUT2D eigenvalue weighted by atomic mass is 10.0. The minimum atomic E-state index is 0.187. The molecule has 1 heterocycles. The molecule has 0 aromatic heterocycles. The van der Waals surface area contributed by atoms with Crippen molar-refractivity contribution in [3.05, 3.63) is 29.3 Å². The Kier molecular flexibility index (Phi) is 3.46. The molecule has 3 heteroatoms. The maximum Gasteiger partial charge on any atom is 0.0969 e. The first-order valence-corrected chi connectivity index (χ1v) is 5.78. The van der Waals surface area contributed by atoms with Crippen LogP contribution in [0.3, 0.4) is 0 Å². The zero-order valence-electron chi connectivity index (χ0n) is 10.3. The average Bonchev–Trinajstić information content (AvgIpc) is 2.30. The molecule has 1 fully saturated rings. The van der Waals surface area contributed by atoms with Gasteiger partial charge < -0.3 is 15.0 Å². The molecule has 0 spiro atoms. The van der Waals surface area contributed by atoms with Crippen molar-refractivity contribution in [3.63, 3.8) is 0 Å². The third-order valence-electron chi connectivity index (χ3n) is 2.94. The summed E-state index contributed by atoms with van der Waals surface area (Å²) in [6.07, 6.45) is 0.187. The molecule has 0 radical (unpaired) electrons. The minimum Gasteiger partial charge on any atom is -0.377 e. The predicted molar refractivity (Wildman–Crippen MR) is 67.1 cm³/mol. The fourth-order valence-electron chi connectivity index (χ4n) is 2.08. The number of rotatable bonds is 2. The number of nitrogens with zero attached hydrogens (tertiary/aromatic N) is 1. The van der Waals surface area contributed by atoms with Gasteiger partial charge in [-0.25, -0.2) is 0 Å². The molecule has 1 N–H and O–H groups in total. The van der Waals surface area contributed by atoms with Crippen LogP contribution >= 0.6 is 0 Å². The standard InChI is InChI=1S/C13H20N2O/c1-10-4-5-11(12(8-10)15(2)3)13-9-14-6-7-16-13/h4-5,8,13-14H,6-7,9H2,1-3H3. The van der Waals surface area contributed by atoms with Crippen molar-refractivity contribution >= 4 is 5.69 Å². The van der Waals surface area contributed by atoms with Gasteiger partial charge in [0.2, 0.25) is 0 Å². The predicted octanol–water partition coefficient (Wildman–Crippen LogP) is 1.72. The highest BCUT2D eigenvalue weighted by Gasteiger charge is 2.19. The van der Waals surface area contributed by atoms with Crippen LogP contribution < -0.4 is 10.2 Å². The van der Waals surface area contributed by atoms with Crippen molar-refractivity contribution in [2.75, 3.05) is 38.7 Å². The minimum absolute atomic E-state index is 0.187. The first-order valence-electron chi connectivity index (χ1n) is 5.78. The average molecular weight is 220 g/mol. The zero-order valence-corrected chi connectivity index (χ0v) is 10.3. The van der Waals surface area contributed by atoms with Crippen molar-refractivity contribution in [1.82, 2.24) is 5.32 Å². The second-order valence-corrected chi connectivity index (χ2v) is 4.52. The number of benzene rings is 1. The lowest BCUT2D eigenvalue weighted by Gasteiger charge is -2.28. The maximum atomic E-state index is 5.81. The molecule has 1 atom stereocenters. The summed E-state index contributed by atoms with van der Waals surface area (Å²) in [4.78, 5) is 2.15. The van der Waals surface area contributed by atoms with Crippen molar-refractivity contribution in [1.29, 1.82) is 0 Å². The van der Waals surface area contributed by atoms with E-state index in [1.165, 1.54) is 16.8 Å². The van der Waals surface area contributed by atoms with Crippen LogP contribution in [-0.2, 0) is 4.74 Å². The monoisotopic (exact) mass is 220 g/mol. The van der Waals surface area contributed by atoms with Crippen molar-refractivity contribution in [2.45, 2.75) is 13.0 Å². The summed E-state index contributed by atoms with van der Waals surface area (Å²) in [5, 5.41) is 3.37. The van der Waals surface area contributed by atoms with Gasteiger partial charge in [0.25, 0.3) is 0 Å². The van der Waals surface area contributed by atoms with Crippen LogP contribution in [0.4, 0.5) is 5.69 Å². The Morgan fingerprint density at radius 1 is 1.38 bits per heavy atom. The fourth-order valence-corrected chi connectivity index (χ4v) is 2.08. The summed E-state index contributed by atoms with van der Waals surface area (Å²) in [5.74, 6) is 0. The van der Waals surface area contributed by atoms with E-state index in [1.807, 2.05) is 0 Å². The molecule has 0 bridgehead atoms. The summed E-state index contributed by atoms with van der Waals surface area (Å²) < 4.78 is 5.81. The molecule has 88 valence electrons. The number of ether oxygens (including phenoxy) is 1. The third kappa shape index (κ3) is 2.36. The smallest absolute Gasteiger partial charge is 0.0969 e. The number of hydrogen-bond acceptors (Lipinski definition) is 3. The lowest BCUT2D eigenvalue weighted by molar-refractivity contribution is 0.0280. The SMILES string of the molecule is Cc1ccc(C2CNCCO2)c(N(C)C)c1. The van der Waals surface area contributed by atoms with Gasteiger partial charge in [-0.05, 0) is 18.6 Å². The van der Waals surface area contributed by atoms with Crippen LogP contribution in [0.15, 0.2) is 18.2 Å². The maximum absolute atomic E-state index is 5.81. The largest absolute Gasteiger partial charge is 0.377 e. The molecular weight excluding hydrogens is 200 g/mol. The van der Waals surface area contributed by atoms with Gasteiger partial charge in [0.15, 0.2) is 0 Å². The van der Waals surface area contributed by atoms with E-state index in [1.54, 1.807) is 0 Å². The van der Waals surface area contributed by atoms with E-state index in [0.717, 1.165) is 19.7 Å². The topological polar surface area (TPSA) is 24.5 Å². The van der Waals surface area contributed by atoms with E-state index in [4.69, 9.17) is 4.74 Å². The van der Waals surface area contributed by atoms with Crippen LogP contribution in [-0.4, -0.2) is 33.8 Å². The van der Waals surface area contributed by atoms with E-state index >= 15 is 0 Å². The first kappa shape index (κ1) is 11.4. The molecule has 0 amide bonds. The molecule has 0 aliphatic carbocycles. The fraction of sp³-hybridized carbons (Fsp3) is 0.538. The number of morpholine rings is 1. The molecule has 1 aliphatic heterocycles. The van der Waals surface area contributed by atoms with Crippen molar-refractivity contribution < 1.29 is 4.74 Å². The highest BCUT2D eigenvalue weighted by Crippen LogP contribution is 2.29. The Hall–Kier alpha value is -1.06. The number of hydrogen-bond donors (Lipinski definition) is 1. The van der Waals surface area contributed by atoms with E-state index < -0.39 is 0 Å². The van der Waals surface area contributed by atoms with Crippen LogP contribution in [0.25, 0.3) is 0 Å². The Morgan fingerprint density at radius 2 is 2.19 bits per heavy atom. The molecule has 1 saturated heterocycles. The Labute approximate surface area is 97.4 Å². The summed E-state index contributed by atoms with van der Waals surface area (Å²) >= 11 is 0. The van der Waals surface area contributed by atoms with Crippen molar-refractivity contribution in [3.8, 4) is 0 Å². The van der Waals surface area contributed by atoms with E-state index in [2.05, 4.69) is 49.4 Å². The molecule has 1 aromatic rings. The normalized spacial score (nSPS) is 20.8. The molecule has 0 saturated carbocycles. The van der Waals surface area contributed by atoms with Crippen molar-refractivity contribution in [2.24, 2.45) is 0 Å². The van der Waals surface area contributed by atoms with Crippen LogP contribution in [0.1, 0.15) is 17.2 Å². The molecule has 1 aliphatic rings. The molecule has 3 nitrogen and oxygen atoms in total. The first-order chi connectivity index (χ1) is 7.68. The van der Waals surface area contributed by atoms with E-state index in [0.29, 0.717) is 0 Å². The van der Waals surface area contributed by atoms with Gasteiger partial charge in [-0.2, -0.15) is 0 Å². The highest BCUT2D eigenvalue weighted by molar-refractivity contribution is 5.55. The Bertz CT molecular complexity index is 357.